The van der Waals surface area contributed by atoms with Gasteiger partial charge in [-0.15, -0.1) is 0 Å². The average Bonchev–Trinajstić information content (AvgIpc) is 3.61. The van der Waals surface area contributed by atoms with Gasteiger partial charge in [0.25, 0.3) is 5.91 Å². The summed E-state index contributed by atoms with van der Waals surface area (Å²) in [5.74, 6) is -1.14. The molecule has 1 fully saturated rings. The van der Waals surface area contributed by atoms with E-state index in [9.17, 15) is 14.4 Å². The van der Waals surface area contributed by atoms with Crippen LogP contribution >= 0.6 is 0 Å². The molecular formula is C28H31N3O5. The van der Waals surface area contributed by atoms with Crippen molar-refractivity contribution in [2.24, 2.45) is 0 Å². The van der Waals surface area contributed by atoms with Crippen LogP contribution in [0.1, 0.15) is 46.1 Å². The number of furan rings is 1. The molecule has 1 aliphatic heterocycles. The number of rotatable bonds is 9. The van der Waals surface area contributed by atoms with E-state index >= 15 is 0 Å². The number of hydrogen-bond acceptors (Lipinski definition) is 5. The molecule has 36 heavy (non-hydrogen) atoms. The highest BCUT2D eigenvalue weighted by Gasteiger charge is 2.34. The Balaban J connectivity index is 1.67. The zero-order chi connectivity index (χ0) is 25.5. The molecule has 1 aromatic heterocycles. The minimum atomic E-state index is -0.943. The topological polar surface area (TPSA) is 101 Å². The number of nitrogens with one attached hydrogen (secondary N) is 2. The Morgan fingerprint density at radius 1 is 1.03 bits per heavy atom. The van der Waals surface area contributed by atoms with Crippen molar-refractivity contribution in [2.75, 3.05) is 24.6 Å². The number of aryl methyl sites for hydroxylation is 2. The van der Waals surface area contributed by atoms with Gasteiger partial charge in [-0.25, -0.2) is 0 Å². The smallest absolute Gasteiger partial charge is 0.287 e. The molecule has 0 radical (unpaired) electrons. The molecule has 0 spiro atoms. The Morgan fingerprint density at radius 3 is 2.53 bits per heavy atom. The molecule has 2 heterocycles. The Labute approximate surface area is 210 Å². The van der Waals surface area contributed by atoms with Gasteiger partial charge in [0, 0.05) is 18.8 Å². The summed E-state index contributed by atoms with van der Waals surface area (Å²) in [7, 11) is 0. The molecule has 8 nitrogen and oxygen atoms in total. The highest BCUT2D eigenvalue weighted by molar-refractivity contribution is 6.04. The van der Waals surface area contributed by atoms with Gasteiger partial charge >= 0.3 is 0 Å². The lowest BCUT2D eigenvalue weighted by molar-refractivity contribution is -0.126. The van der Waals surface area contributed by atoms with Crippen LogP contribution in [-0.4, -0.2) is 43.5 Å². The zero-order valence-electron chi connectivity index (χ0n) is 20.5. The number of nitrogens with zero attached hydrogens (tertiary/aromatic N) is 1. The van der Waals surface area contributed by atoms with Crippen molar-refractivity contribution in [3.05, 3.63) is 89.4 Å². The van der Waals surface area contributed by atoms with Gasteiger partial charge in [-0.3, -0.25) is 19.3 Å². The van der Waals surface area contributed by atoms with Gasteiger partial charge in [-0.1, -0.05) is 42.5 Å². The van der Waals surface area contributed by atoms with Gasteiger partial charge in [0.05, 0.1) is 18.9 Å². The number of hydrogen-bond donors (Lipinski definition) is 2. The molecule has 1 aliphatic rings. The second kappa shape index (κ2) is 11.7. The van der Waals surface area contributed by atoms with Crippen molar-refractivity contribution in [3.8, 4) is 0 Å². The molecule has 2 atom stereocenters. The molecule has 0 aliphatic carbocycles. The molecule has 3 aromatic rings. The van der Waals surface area contributed by atoms with E-state index in [1.807, 2.05) is 62.4 Å². The Hall–Kier alpha value is -3.91. The standard InChI is InChI=1S/C28H31N3O5/c1-19-12-13-20(2)23(16-19)31(25(32)18-30-27(33)24-11-7-15-36-24)26(21-8-4-3-5-9-21)28(34)29-17-22-10-6-14-35-22/h3-5,7-9,11-13,15-16,22,26H,6,10,14,17-18H2,1-2H3,(H,29,34)(H,30,33)/t22-,26+/m0/s1. The molecule has 1 saturated heterocycles. The molecule has 0 bridgehead atoms. The second-order valence-corrected chi connectivity index (χ2v) is 8.91. The fraction of sp³-hybridized carbons (Fsp3) is 0.321. The Bertz CT molecular complexity index is 1190. The summed E-state index contributed by atoms with van der Waals surface area (Å²) in [5, 5.41) is 5.61. The molecular weight excluding hydrogens is 458 g/mol. The van der Waals surface area contributed by atoms with Crippen LogP contribution in [-0.2, 0) is 14.3 Å². The summed E-state index contributed by atoms with van der Waals surface area (Å²) in [6, 6.07) is 17.1. The number of amides is 3. The molecule has 188 valence electrons. The van der Waals surface area contributed by atoms with Crippen LogP contribution < -0.4 is 15.5 Å². The van der Waals surface area contributed by atoms with Crippen LogP contribution in [0.5, 0.6) is 0 Å². The van der Waals surface area contributed by atoms with E-state index in [2.05, 4.69) is 10.6 Å². The fourth-order valence-electron chi connectivity index (χ4n) is 4.30. The summed E-state index contributed by atoms with van der Waals surface area (Å²) >= 11 is 0. The molecule has 4 rings (SSSR count). The number of anilines is 1. The monoisotopic (exact) mass is 489 g/mol. The van der Waals surface area contributed by atoms with Crippen molar-refractivity contribution in [1.82, 2.24) is 10.6 Å². The van der Waals surface area contributed by atoms with E-state index in [0.717, 1.165) is 24.0 Å². The molecule has 0 saturated carbocycles. The fourth-order valence-corrected chi connectivity index (χ4v) is 4.30. The Kier molecular flexibility index (Phi) is 8.17. The van der Waals surface area contributed by atoms with Gasteiger partial charge in [0.15, 0.2) is 5.76 Å². The van der Waals surface area contributed by atoms with Gasteiger partial charge in [0.1, 0.15) is 6.04 Å². The molecule has 3 amide bonds. The predicted molar refractivity (Wildman–Crippen MR) is 136 cm³/mol. The first-order valence-electron chi connectivity index (χ1n) is 12.1. The van der Waals surface area contributed by atoms with E-state index in [0.29, 0.717) is 24.4 Å². The lowest BCUT2D eigenvalue weighted by atomic mass is 10.0. The van der Waals surface area contributed by atoms with Crippen LogP contribution in [0, 0.1) is 13.8 Å². The van der Waals surface area contributed by atoms with Crippen molar-refractivity contribution in [3.63, 3.8) is 0 Å². The SMILES string of the molecule is Cc1ccc(C)c(N(C(=O)CNC(=O)c2ccco2)[C@@H](C(=O)NC[C@@H]2CCCO2)c2ccccc2)c1. The maximum atomic E-state index is 13.7. The maximum absolute atomic E-state index is 13.7. The maximum Gasteiger partial charge on any atom is 0.287 e. The van der Waals surface area contributed by atoms with Crippen LogP contribution in [0.25, 0.3) is 0 Å². The van der Waals surface area contributed by atoms with E-state index in [1.165, 1.54) is 17.2 Å². The van der Waals surface area contributed by atoms with Crippen molar-refractivity contribution in [2.45, 2.75) is 38.8 Å². The molecule has 2 N–H and O–H groups in total. The van der Waals surface area contributed by atoms with Crippen molar-refractivity contribution in [1.29, 1.82) is 0 Å². The summed E-state index contributed by atoms with van der Waals surface area (Å²) in [4.78, 5) is 41.3. The van der Waals surface area contributed by atoms with Crippen LogP contribution in [0.2, 0.25) is 0 Å². The van der Waals surface area contributed by atoms with Crippen molar-refractivity contribution >= 4 is 23.4 Å². The summed E-state index contributed by atoms with van der Waals surface area (Å²) in [6.07, 6.45) is 3.20. The largest absolute Gasteiger partial charge is 0.459 e. The van der Waals surface area contributed by atoms with E-state index in [-0.39, 0.29) is 24.3 Å². The van der Waals surface area contributed by atoms with Gasteiger partial charge in [-0.05, 0) is 61.6 Å². The number of carbonyl (C=O) groups excluding carboxylic acids is 3. The zero-order valence-corrected chi connectivity index (χ0v) is 20.5. The van der Waals surface area contributed by atoms with Crippen LogP contribution in [0.15, 0.2) is 71.3 Å². The number of carbonyl (C=O) groups is 3. The number of benzene rings is 2. The summed E-state index contributed by atoms with van der Waals surface area (Å²) in [6.45, 7) is 4.56. The average molecular weight is 490 g/mol. The van der Waals surface area contributed by atoms with Crippen molar-refractivity contribution < 1.29 is 23.5 Å². The first-order chi connectivity index (χ1) is 17.4. The first-order valence-corrected chi connectivity index (χ1v) is 12.1. The van der Waals surface area contributed by atoms with Crippen LogP contribution in [0.3, 0.4) is 0 Å². The highest BCUT2D eigenvalue weighted by Crippen LogP contribution is 2.31. The third-order valence-electron chi connectivity index (χ3n) is 6.19. The van der Waals surface area contributed by atoms with E-state index < -0.39 is 17.9 Å². The van der Waals surface area contributed by atoms with Gasteiger partial charge in [-0.2, -0.15) is 0 Å². The highest BCUT2D eigenvalue weighted by atomic mass is 16.5. The third kappa shape index (κ3) is 6.01. The molecule has 2 aromatic carbocycles. The summed E-state index contributed by atoms with van der Waals surface area (Å²) in [5.41, 5.74) is 3.04. The Morgan fingerprint density at radius 2 is 1.83 bits per heavy atom. The van der Waals surface area contributed by atoms with Gasteiger partial charge in [0.2, 0.25) is 11.8 Å². The van der Waals surface area contributed by atoms with E-state index in [1.54, 1.807) is 6.07 Å². The van der Waals surface area contributed by atoms with Crippen LogP contribution in [0.4, 0.5) is 5.69 Å². The minimum absolute atomic E-state index is 0.0391. The molecule has 0 unspecified atom stereocenters. The lowest BCUT2D eigenvalue weighted by Crippen LogP contribution is -2.48. The lowest BCUT2D eigenvalue weighted by Gasteiger charge is -2.33. The number of ether oxygens (including phenoxy) is 1. The minimum Gasteiger partial charge on any atom is -0.459 e. The first kappa shape index (κ1) is 25.2. The molecule has 8 heteroatoms. The predicted octanol–water partition coefficient (Wildman–Crippen LogP) is 3.70. The second-order valence-electron chi connectivity index (χ2n) is 8.91. The normalized spacial score (nSPS) is 15.8. The summed E-state index contributed by atoms with van der Waals surface area (Å²) < 4.78 is 10.8. The third-order valence-corrected chi connectivity index (χ3v) is 6.19. The quantitative estimate of drug-likeness (QED) is 0.477. The van der Waals surface area contributed by atoms with Gasteiger partial charge < -0.3 is 19.8 Å². The van der Waals surface area contributed by atoms with E-state index in [4.69, 9.17) is 9.15 Å².